The molecule has 0 saturated heterocycles. The van der Waals surface area contributed by atoms with E-state index in [1.165, 1.54) is 11.3 Å². The summed E-state index contributed by atoms with van der Waals surface area (Å²) in [5.41, 5.74) is 5.04. The molecule has 0 bridgehead atoms. The van der Waals surface area contributed by atoms with Crippen LogP contribution in [0.3, 0.4) is 0 Å². The maximum Gasteiger partial charge on any atom is 0.0931 e. The SMILES string of the molecule is Cc1cnccc1C(NN)c1ccc(Cl)s1. The Morgan fingerprint density at radius 3 is 2.81 bits per heavy atom. The fourth-order valence-corrected chi connectivity index (χ4v) is 2.76. The first-order valence-electron chi connectivity index (χ1n) is 4.84. The van der Waals surface area contributed by atoms with Gasteiger partial charge in [-0.05, 0) is 36.2 Å². The van der Waals surface area contributed by atoms with Crippen LogP contribution in [0.15, 0.2) is 30.6 Å². The first kappa shape index (κ1) is 11.5. The average molecular weight is 254 g/mol. The highest BCUT2D eigenvalue weighted by atomic mass is 35.5. The Morgan fingerprint density at radius 1 is 1.44 bits per heavy atom. The summed E-state index contributed by atoms with van der Waals surface area (Å²) < 4.78 is 0.766. The smallest absolute Gasteiger partial charge is 0.0931 e. The van der Waals surface area contributed by atoms with Crippen LogP contribution in [0.4, 0.5) is 0 Å². The molecule has 0 aliphatic heterocycles. The van der Waals surface area contributed by atoms with Crippen LogP contribution < -0.4 is 11.3 Å². The molecule has 2 aromatic heterocycles. The van der Waals surface area contributed by atoms with E-state index >= 15 is 0 Å². The summed E-state index contributed by atoms with van der Waals surface area (Å²) in [7, 11) is 0. The fraction of sp³-hybridized carbons (Fsp3) is 0.182. The minimum atomic E-state index is -0.0273. The predicted molar refractivity (Wildman–Crippen MR) is 67.5 cm³/mol. The molecule has 3 nitrogen and oxygen atoms in total. The summed E-state index contributed by atoms with van der Waals surface area (Å²) in [4.78, 5) is 5.17. The number of nitrogens with one attached hydrogen (secondary N) is 1. The molecule has 0 saturated carbocycles. The van der Waals surface area contributed by atoms with Crippen LogP contribution in [-0.4, -0.2) is 4.98 Å². The van der Waals surface area contributed by atoms with Crippen LogP contribution in [0.2, 0.25) is 4.34 Å². The maximum atomic E-state index is 5.93. The molecule has 2 aromatic rings. The van der Waals surface area contributed by atoms with Crippen molar-refractivity contribution in [2.24, 2.45) is 5.84 Å². The minimum absolute atomic E-state index is 0.0273. The molecule has 16 heavy (non-hydrogen) atoms. The van der Waals surface area contributed by atoms with Crippen molar-refractivity contribution in [3.8, 4) is 0 Å². The van der Waals surface area contributed by atoms with E-state index in [2.05, 4.69) is 10.4 Å². The lowest BCUT2D eigenvalue weighted by atomic mass is 10.0. The van der Waals surface area contributed by atoms with Gasteiger partial charge in [0.1, 0.15) is 0 Å². The van der Waals surface area contributed by atoms with Crippen molar-refractivity contribution in [1.82, 2.24) is 10.4 Å². The van der Waals surface area contributed by atoms with Crippen LogP contribution in [0, 0.1) is 6.92 Å². The Kier molecular flexibility index (Phi) is 3.56. The second kappa shape index (κ2) is 4.93. The number of nitrogens with zero attached hydrogens (tertiary/aromatic N) is 1. The zero-order chi connectivity index (χ0) is 11.5. The first-order valence-corrected chi connectivity index (χ1v) is 6.03. The second-order valence-corrected chi connectivity index (χ2v) is 5.22. The highest BCUT2D eigenvalue weighted by Gasteiger charge is 2.16. The number of nitrogens with two attached hydrogens (primary N) is 1. The number of pyridine rings is 1. The molecule has 0 spiro atoms. The van der Waals surface area contributed by atoms with E-state index in [0.717, 1.165) is 20.3 Å². The fourth-order valence-electron chi connectivity index (χ4n) is 1.62. The van der Waals surface area contributed by atoms with Gasteiger partial charge in [0.25, 0.3) is 0 Å². The number of halogens is 1. The van der Waals surface area contributed by atoms with Gasteiger partial charge in [-0.15, -0.1) is 11.3 Å². The third-order valence-electron chi connectivity index (χ3n) is 2.42. The molecule has 0 amide bonds. The van der Waals surface area contributed by atoms with Gasteiger partial charge in [0.2, 0.25) is 0 Å². The molecule has 5 heteroatoms. The van der Waals surface area contributed by atoms with Crippen molar-refractivity contribution in [2.45, 2.75) is 13.0 Å². The molecular weight excluding hydrogens is 242 g/mol. The van der Waals surface area contributed by atoms with Crippen LogP contribution >= 0.6 is 22.9 Å². The van der Waals surface area contributed by atoms with Gasteiger partial charge in [0, 0.05) is 17.3 Å². The minimum Gasteiger partial charge on any atom is -0.271 e. The largest absolute Gasteiger partial charge is 0.271 e. The number of hydrazine groups is 1. The van der Waals surface area contributed by atoms with Crippen molar-refractivity contribution in [3.63, 3.8) is 0 Å². The highest BCUT2D eigenvalue weighted by molar-refractivity contribution is 7.16. The summed E-state index contributed by atoms with van der Waals surface area (Å²) >= 11 is 7.45. The molecule has 1 atom stereocenters. The predicted octanol–water partition coefficient (Wildman–Crippen LogP) is 2.66. The maximum absolute atomic E-state index is 5.93. The van der Waals surface area contributed by atoms with Crippen LogP contribution in [0.1, 0.15) is 22.0 Å². The second-order valence-electron chi connectivity index (χ2n) is 3.47. The average Bonchev–Trinajstić information content (AvgIpc) is 2.69. The lowest BCUT2D eigenvalue weighted by molar-refractivity contribution is 0.642. The van der Waals surface area contributed by atoms with Crippen molar-refractivity contribution in [3.05, 3.63) is 50.9 Å². The molecule has 84 valence electrons. The zero-order valence-electron chi connectivity index (χ0n) is 8.77. The number of hydrogen-bond acceptors (Lipinski definition) is 4. The molecule has 0 radical (unpaired) electrons. The summed E-state index contributed by atoms with van der Waals surface area (Å²) in [5, 5.41) is 0. The molecule has 2 rings (SSSR count). The van der Waals surface area contributed by atoms with Crippen molar-refractivity contribution < 1.29 is 0 Å². The first-order chi connectivity index (χ1) is 7.72. The Hall–Kier alpha value is -0.940. The highest BCUT2D eigenvalue weighted by Crippen LogP contribution is 2.31. The van der Waals surface area contributed by atoms with Crippen molar-refractivity contribution in [1.29, 1.82) is 0 Å². The summed E-state index contributed by atoms with van der Waals surface area (Å²) in [6.45, 7) is 2.02. The molecule has 0 aromatic carbocycles. The van der Waals surface area contributed by atoms with Gasteiger partial charge >= 0.3 is 0 Å². The van der Waals surface area contributed by atoms with Gasteiger partial charge in [-0.3, -0.25) is 10.8 Å². The zero-order valence-corrected chi connectivity index (χ0v) is 10.3. The standard InChI is InChI=1S/C11H12ClN3S/c1-7-6-14-5-4-8(7)11(15-13)9-2-3-10(12)16-9/h2-6,11,15H,13H2,1H3. The quantitative estimate of drug-likeness (QED) is 0.653. The topological polar surface area (TPSA) is 50.9 Å². The van der Waals surface area contributed by atoms with E-state index in [-0.39, 0.29) is 6.04 Å². The Balaban J connectivity index is 2.40. The van der Waals surface area contributed by atoms with Crippen molar-refractivity contribution in [2.75, 3.05) is 0 Å². The summed E-state index contributed by atoms with van der Waals surface area (Å²) in [5.74, 6) is 5.61. The lowest BCUT2D eigenvalue weighted by Gasteiger charge is -2.16. The van der Waals surface area contributed by atoms with E-state index < -0.39 is 0 Å². The van der Waals surface area contributed by atoms with E-state index in [1.807, 2.05) is 31.3 Å². The molecule has 0 aliphatic rings. The Bertz CT molecular complexity index is 484. The van der Waals surface area contributed by atoms with Crippen molar-refractivity contribution >= 4 is 22.9 Å². The van der Waals surface area contributed by atoms with E-state index in [1.54, 1.807) is 6.20 Å². The number of aryl methyl sites for hydroxylation is 1. The molecule has 1 unspecified atom stereocenters. The van der Waals surface area contributed by atoms with E-state index in [0.29, 0.717) is 0 Å². The van der Waals surface area contributed by atoms with Gasteiger partial charge in [0.15, 0.2) is 0 Å². The Morgan fingerprint density at radius 2 is 2.25 bits per heavy atom. The molecule has 3 N–H and O–H groups in total. The number of thiophene rings is 1. The van der Waals surface area contributed by atoms with Gasteiger partial charge < -0.3 is 0 Å². The monoisotopic (exact) mass is 253 g/mol. The lowest BCUT2D eigenvalue weighted by Crippen LogP contribution is -2.28. The van der Waals surface area contributed by atoms with E-state index in [4.69, 9.17) is 17.4 Å². The van der Waals surface area contributed by atoms with Gasteiger partial charge in [-0.1, -0.05) is 11.6 Å². The number of hydrogen-bond donors (Lipinski definition) is 2. The van der Waals surface area contributed by atoms with Crippen LogP contribution in [-0.2, 0) is 0 Å². The molecule has 0 fully saturated rings. The summed E-state index contributed by atoms with van der Waals surface area (Å²) in [6, 6.07) is 5.80. The number of aromatic nitrogens is 1. The van der Waals surface area contributed by atoms with E-state index in [9.17, 15) is 0 Å². The normalized spacial score (nSPS) is 12.7. The van der Waals surface area contributed by atoms with Gasteiger partial charge in [0.05, 0.1) is 10.4 Å². The third kappa shape index (κ3) is 2.25. The third-order valence-corrected chi connectivity index (χ3v) is 3.72. The summed E-state index contributed by atoms with van der Waals surface area (Å²) in [6.07, 6.45) is 3.59. The van der Waals surface area contributed by atoms with Gasteiger partial charge in [-0.25, -0.2) is 5.43 Å². The number of rotatable bonds is 3. The molecule has 2 heterocycles. The van der Waals surface area contributed by atoms with Crippen LogP contribution in [0.25, 0.3) is 0 Å². The molecular formula is C11H12ClN3S. The molecule has 0 aliphatic carbocycles. The van der Waals surface area contributed by atoms with Crippen LogP contribution in [0.5, 0.6) is 0 Å². The van der Waals surface area contributed by atoms with Gasteiger partial charge in [-0.2, -0.15) is 0 Å². The Labute approximate surface area is 103 Å².